The van der Waals surface area contributed by atoms with Gasteiger partial charge in [-0.05, 0) is 23.6 Å². The highest BCUT2D eigenvalue weighted by Gasteiger charge is 2.35. The fourth-order valence-corrected chi connectivity index (χ4v) is 3.57. The molecule has 3 aromatic rings. The minimum absolute atomic E-state index is 0.395. The van der Waals surface area contributed by atoms with Crippen LogP contribution in [-0.4, -0.2) is 26.2 Å². The predicted octanol–water partition coefficient (Wildman–Crippen LogP) is 1.57. The van der Waals surface area contributed by atoms with Gasteiger partial charge in [0.1, 0.15) is 18.3 Å². The van der Waals surface area contributed by atoms with E-state index in [0.717, 1.165) is 15.2 Å². The Balaban J connectivity index is 1.67. The Hall–Kier alpha value is -3.20. The highest BCUT2D eigenvalue weighted by atomic mass is 32.1. The van der Waals surface area contributed by atoms with Crippen molar-refractivity contribution in [3.63, 3.8) is 0 Å². The van der Waals surface area contributed by atoms with E-state index in [1.165, 1.54) is 34.9 Å². The summed E-state index contributed by atoms with van der Waals surface area (Å²) in [6, 6.07) is 8.16. The molecule has 1 atom stereocenters. The molecule has 0 saturated heterocycles. The van der Waals surface area contributed by atoms with Crippen molar-refractivity contribution in [3.05, 3.63) is 79.6 Å². The lowest BCUT2D eigenvalue weighted by Gasteiger charge is -2.20. The number of hydrogen-bond donors (Lipinski definition) is 1. The van der Waals surface area contributed by atoms with Crippen LogP contribution in [0.2, 0.25) is 0 Å². The van der Waals surface area contributed by atoms with E-state index in [1.54, 1.807) is 12.1 Å². The number of carbonyl (C=O) groups excluding carboxylic acids is 1. The van der Waals surface area contributed by atoms with Crippen LogP contribution in [0, 0.1) is 0 Å². The van der Waals surface area contributed by atoms with Crippen LogP contribution in [0.4, 0.5) is 0 Å². The minimum Gasteiger partial charge on any atom is -0.467 e. The monoisotopic (exact) mass is 370 g/mol. The quantitative estimate of drug-likeness (QED) is 0.753. The summed E-state index contributed by atoms with van der Waals surface area (Å²) in [5.74, 6) is 0.139. The number of rotatable bonds is 4. The van der Waals surface area contributed by atoms with Crippen molar-refractivity contribution in [3.8, 4) is 0 Å². The summed E-state index contributed by atoms with van der Waals surface area (Å²) in [5, 5.41) is 7.68. The van der Waals surface area contributed by atoms with Gasteiger partial charge in [-0.1, -0.05) is 6.07 Å². The summed E-state index contributed by atoms with van der Waals surface area (Å²) in [7, 11) is 0. The van der Waals surface area contributed by atoms with Crippen molar-refractivity contribution in [2.75, 3.05) is 0 Å². The molecule has 0 aromatic carbocycles. The molecule has 0 fully saturated rings. The molecule has 8 nitrogen and oxygen atoms in total. The number of nitrogens with zero attached hydrogens (tertiary/aromatic N) is 3. The Morgan fingerprint density at radius 1 is 1.31 bits per heavy atom. The molecule has 0 bridgehead atoms. The molecule has 4 rings (SSSR count). The molecule has 0 saturated carbocycles. The topological polar surface area (TPSA) is 101 Å². The first-order valence-electron chi connectivity index (χ1n) is 7.89. The van der Waals surface area contributed by atoms with Gasteiger partial charge in [0.15, 0.2) is 0 Å². The largest absolute Gasteiger partial charge is 0.467 e. The molecule has 1 N–H and O–H groups in total. The first-order valence-corrected chi connectivity index (χ1v) is 8.77. The van der Waals surface area contributed by atoms with Gasteiger partial charge < -0.3 is 9.40 Å². The summed E-state index contributed by atoms with van der Waals surface area (Å²) in [6.45, 7) is -0.395. The zero-order valence-electron chi connectivity index (χ0n) is 13.5. The molecule has 9 heteroatoms. The van der Waals surface area contributed by atoms with Crippen molar-refractivity contribution >= 4 is 23.0 Å². The van der Waals surface area contributed by atoms with Gasteiger partial charge in [-0.3, -0.25) is 14.2 Å². The van der Waals surface area contributed by atoms with Gasteiger partial charge in [-0.2, -0.15) is 5.10 Å². The van der Waals surface area contributed by atoms with Crippen molar-refractivity contribution < 1.29 is 9.21 Å². The van der Waals surface area contributed by atoms with E-state index in [1.807, 2.05) is 17.5 Å². The third-order valence-electron chi connectivity index (χ3n) is 4.08. The smallest absolute Gasteiger partial charge is 0.328 e. The molecule has 1 aliphatic heterocycles. The maximum atomic E-state index is 12.8. The van der Waals surface area contributed by atoms with Crippen LogP contribution in [0.1, 0.15) is 23.1 Å². The van der Waals surface area contributed by atoms with E-state index in [9.17, 15) is 14.4 Å². The Labute approximate surface area is 151 Å². The predicted molar refractivity (Wildman–Crippen MR) is 95.1 cm³/mol. The average molecular weight is 370 g/mol. The van der Waals surface area contributed by atoms with Gasteiger partial charge in [-0.25, -0.2) is 9.80 Å². The number of aromatic nitrogens is 2. The van der Waals surface area contributed by atoms with Crippen molar-refractivity contribution in [2.45, 2.75) is 19.0 Å². The molecule has 0 spiro atoms. The number of thiophene rings is 1. The molecule has 1 aliphatic rings. The highest BCUT2D eigenvalue weighted by Crippen LogP contribution is 2.34. The second-order valence-corrected chi connectivity index (χ2v) is 6.65. The normalized spacial score (nSPS) is 16.7. The van der Waals surface area contributed by atoms with Gasteiger partial charge in [0, 0.05) is 18.7 Å². The number of furan rings is 1. The molecular formula is C17H14N4O4S. The van der Waals surface area contributed by atoms with Gasteiger partial charge in [0.05, 0.1) is 16.9 Å². The van der Waals surface area contributed by atoms with Crippen LogP contribution in [0.25, 0.3) is 0 Å². The van der Waals surface area contributed by atoms with Crippen LogP contribution >= 0.6 is 11.3 Å². The molecule has 3 aromatic heterocycles. The average Bonchev–Trinajstić information content (AvgIpc) is 3.38. The number of carbonyl (C=O) groups is 1. The van der Waals surface area contributed by atoms with Gasteiger partial charge >= 0.3 is 5.69 Å². The first-order chi connectivity index (χ1) is 12.6. The molecule has 4 heterocycles. The van der Waals surface area contributed by atoms with E-state index in [4.69, 9.17) is 4.42 Å². The van der Waals surface area contributed by atoms with Crippen LogP contribution < -0.4 is 11.2 Å². The standard InChI is InChI=1S/C17H14N4O4S/c22-15-5-6-18-17(24)20(15)10-16(23)21-12(13-3-1-7-25-13)9-11(19-21)14-4-2-8-26-14/h1-8,12H,9-10H2,(H,18,24). The Bertz CT molecular complexity index is 1030. The third-order valence-corrected chi connectivity index (χ3v) is 5.00. The second kappa shape index (κ2) is 6.60. The number of hydrogen-bond acceptors (Lipinski definition) is 6. The minimum atomic E-state index is -0.637. The number of H-pyrrole nitrogens is 1. The summed E-state index contributed by atoms with van der Waals surface area (Å²) in [5.41, 5.74) is -0.413. The van der Waals surface area contributed by atoms with Crippen molar-refractivity contribution in [1.29, 1.82) is 0 Å². The van der Waals surface area contributed by atoms with E-state index in [-0.39, 0.29) is 0 Å². The lowest BCUT2D eigenvalue weighted by Crippen LogP contribution is -2.40. The lowest BCUT2D eigenvalue weighted by molar-refractivity contribution is -0.134. The number of amides is 1. The Morgan fingerprint density at radius 3 is 2.88 bits per heavy atom. The molecule has 1 unspecified atom stereocenters. The van der Waals surface area contributed by atoms with Crippen LogP contribution in [0.3, 0.4) is 0 Å². The molecule has 26 heavy (non-hydrogen) atoms. The Morgan fingerprint density at radius 2 is 2.19 bits per heavy atom. The summed E-state index contributed by atoms with van der Waals surface area (Å²) < 4.78 is 6.31. The third kappa shape index (κ3) is 2.93. The molecular weight excluding hydrogens is 356 g/mol. The van der Waals surface area contributed by atoms with E-state index < -0.39 is 29.7 Å². The van der Waals surface area contributed by atoms with E-state index >= 15 is 0 Å². The first kappa shape index (κ1) is 16.3. The number of hydrazone groups is 1. The summed E-state index contributed by atoms with van der Waals surface area (Å²) >= 11 is 1.53. The summed E-state index contributed by atoms with van der Waals surface area (Å²) in [6.07, 6.45) is 3.29. The fourth-order valence-electron chi connectivity index (χ4n) is 2.84. The van der Waals surface area contributed by atoms with Gasteiger partial charge in [0.2, 0.25) is 0 Å². The maximum absolute atomic E-state index is 12.8. The molecule has 1 amide bonds. The fraction of sp³-hybridized carbons (Fsp3) is 0.176. The highest BCUT2D eigenvalue weighted by molar-refractivity contribution is 7.12. The van der Waals surface area contributed by atoms with Crippen molar-refractivity contribution in [2.24, 2.45) is 5.10 Å². The maximum Gasteiger partial charge on any atom is 0.328 e. The zero-order chi connectivity index (χ0) is 18.1. The SMILES string of the molecule is O=C(Cn1c(=O)cc[nH]c1=O)N1N=C(c2cccs2)CC1c1ccco1. The van der Waals surface area contributed by atoms with Crippen molar-refractivity contribution in [1.82, 2.24) is 14.6 Å². The molecule has 0 radical (unpaired) electrons. The van der Waals surface area contributed by atoms with Crippen LogP contribution in [0.5, 0.6) is 0 Å². The van der Waals surface area contributed by atoms with E-state index in [0.29, 0.717) is 12.2 Å². The number of nitrogens with one attached hydrogen (secondary N) is 1. The second-order valence-electron chi connectivity index (χ2n) is 5.70. The van der Waals surface area contributed by atoms with Gasteiger partial charge in [0.25, 0.3) is 11.5 Å². The summed E-state index contributed by atoms with van der Waals surface area (Å²) in [4.78, 5) is 39.9. The zero-order valence-corrected chi connectivity index (χ0v) is 14.3. The van der Waals surface area contributed by atoms with E-state index in [2.05, 4.69) is 10.1 Å². The number of aromatic amines is 1. The molecule has 0 aliphatic carbocycles. The lowest BCUT2D eigenvalue weighted by atomic mass is 10.1. The van der Waals surface area contributed by atoms with Crippen LogP contribution in [0.15, 0.2) is 67.3 Å². The van der Waals surface area contributed by atoms with Gasteiger partial charge in [-0.15, -0.1) is 11.3 Å². The van der Waals surface area contributed by atoms with Crippen LogP contribution in [-0.2, 0) is 11.3 Å². The Kier molecular flexibility index (Phi) is 4.13. The molecule has 132 valence electrons.